The molecule has 0 radical (unpaired) electrons. The molecule has 0 aliphatic carbocycles. The lowest BCUT2D eigenvalue weighted by Crippen LogP contribution is -2.41. The summed E-state index contributed by atoms with van der Waals surface area (Å²) in [4.78, 5) is 28.8. The topological polar surface area (TPSA) is 133 Å². The SMILES string of the molecule is CC#Cc1c(OC)ccc2c(C(=O)c3cc(OC)c(OC)c(OC)c3)nn(C[N+](C)(C)Cc3cnc([N+](=O)[O-])n3C)c12. The summed E-state index contributed by atoms with van der Waals surface area (Å²) in [7, 11) is 11.5. The average molecular weight is 578 g/mol. The zero-order valence-electron chi connectivity index (χ0n) is 24.8. The van der Waals surface area contributed by atoms with E-state index in [1.54, 1.807) is 50.0 Å². The molecule has 13 heteroatoms. The summed E-state index contributed by atoms with van der Waals surface area (Å²) >= 11 is 0. The number of ether oxygens (including phenoxy) is 4. The fourth-order valence-electron chi connectivity index (χ4n) is 4.89. The molecule has 2 aromatic heterocycles. The molecule has 0 saturated heterocycles. The molecule has 0 aliphatic heterocycles. The van der Waals surface area contributed by atoms with Crippen LogP contribution < -0.4 is 18.9 Å². The number of imidazole rings is 1. The third kappa shape index (κ3) is 5.44. The van der Waals surface area contributed by atoms with Crippen molar-refractivity contribution in [2.24, 2.45) is 7.05 Å². The Bertz CT molecular complexity index is 1720. The molecule has 4 rings (SSSR count). The van der Waals surface area contributed by atoms with E-state index in [0.717, 1.165) is 0 Å². The predicted molar refractivity (Wildman–Crippen MR) is 154 cm³/mol. The van der Waals surface area contributed by atoms with Gasteiger partial charge in [0.25, 0.3) is 0 Å². The van der Waals surface area contributed by atoms with Gasteiger partial charge in [0.05, 0.1) is 60.7 Å². The van der Waals surface area contributed by atoms with Crippen molar-refractivity contribution in [2.45, 2.75) is 20.1 Å². The van der Waals surface area contributed by atoms with Crippen LogP contribution in [0.3, 0.4) is 0 Å². The Balaban J connectivity index is 1.88. The molecule has 220 valence electrons. The Hall–Kier alpha value is -5.09. The Kier molecular flexibility index (Phi) is 8.39. The van der Waals surface area contributed by atoms with Crippen LogP contribution in [-0.4, -0.2) is 77.1 Å². The number of methoxy groups -OCH3 is 4. The van der Waals surface area contributed by atoms with Gasteiger partial charge in [0.2, 0.25) is 11.5 Å². The maximum absolute atomic E-state index is 14.0. The van der Waals surface area contributed by atoms with E-state index in [-0.39, 0.29) is 17.4 Å². The van der Waals surface area contributed by atoms with Crippen LogP contribution in [-0.2, 0) is 20.3 Å². The van der Waals surface area contributed by atoms with Crippen molar-refractivity contribution in [3.8, 4) is 34.8 Å². The molecule has 0 unspecified atom stereocenters. The molecule has 0 bridgehead atoms. The maximum Gasteiger partial charge on any atom is 0.434 e. The first kappa shape index (κ1) is 29.9. The quantitative estimate of drug-likeness (QED) is 0.0863. The van der Waals surface area contributed by atoms with Crippen molar-refractivity contribution >= 4 is 22.6 Å². The van der Waals surface area contributed by atoms with Crippen LogP contribution in [0.25, 0.3) is 10.9 Å². The van der Waals surface area contributed by atoms with Gasteiger partial charge in [-0.2, -0.15) is 5.10 Å². The zero-order valence-corrected chi connectivity index (χ0v) is 24.8. The van der Waals surface area contributed by atoms with E-state index in [4.69, 9.17) is 24.0 Å². The monoisotopic (exact) mass is 577 g/mol. The lowest BCUT2D eigenvalue weighted by molar-refractivity contribution is -0.926. The van der Waals surface area contributed by atoms with Gasteiger partial charge >= 0.3 is 5.95 Å². The molecule has 0 amide bonds. The number of fused-ring (bicyclic) bond motifs is 1. The average Bonchev–Trinajstić information content (AvgIpc) is 3.51. The lowest BCUT2D eigenvalue weighted by Gasteiger charge is -2.29. The summed E-state index contributed by atoms with van der Waals surface area (Å²) in [5.41, 5.74) is 2.39. The molecular weight excluding hydrogens is 544 g/mol. The van der Waals surface area contributed by atoms with E-state index in [1.807, 2.05) is 14.1 Å². The van der Waals surface area contributed by atoms with Gasteiger partial charge in [-0.1, -0.05) is 10.9 Å². The number of hydrogen-bond acceptors (Lipinski definition) is 9. The highest BCUT2D eigenvalue weighted by molar-refractivity contribution is 6.16. The van der Waals surface area contributed by atoms with E-state index in [9.17, 15) is 14.9 Å². The first-order chi connectivity index (χ1) is 20.0. The van der Waals surface area contributed by atoms with Gasteiger partial charge in [-0.05, 0) is 36.1 Å². The normalized spacial score (nSPS) is 11.1. The van der Waals surface area contributed by atoms with Crippen LogP contribution in [0.2, 0.25) is 0 Å². The molecule has 0 fully saturated rings. The largest absolute Gasteiger partial charge is 0.495 e. The van der Waals surface area contributed by atoms with E-state index >= 15 is 0 Å². The Morgan fingerprint density at radius 1 is 1.05 bits per heavy atom. The van der Waals surface area contributed by atoms with Gasteiger partial charge in [0, 0.05) is 10.9 Å². The molecule has 13 nitrogen and oxygen atoms in total. The minimum atomic E-state index is -0.520. The van der Waals surface area contributed by atoms with Gasteiger partial charge in [-0.25, -0.2) is 9.25 Å². The van der Waals surface area contributed by atoms with Crippen LogP contribution in [0.1, 0.15) is 34.2 Å². The first-order valence-corrected chi connectivity index (χ1v) is 12.8. The van der Waals surface area contributed by atoms with Crippen LogP contribution in [0.5, 0.6) is 23.0 Å². The van der Waals surface area contributed by atoms with Crippen LogP contribution >= 0.6 is 0 Å². The lowest BCUT2D eigenvalue weighted by atomic mass is 10.0. The van der Waals surface area contributed by atoms with Gasteiger partial charge in [0.15, 0.2) is 23.9 Å². The first-order valence-electron chi connectivity index (χ1n) is 12.8. The molecule has 2 aromatic carbocycles. The number of rotatable bonds is 11. The molecule has 0 spiro atoms. The molecule has 0 saturated carbocycles. The van der Waals surface area contributed by atoms with E-state index in [2.05, 4.69) is 16.8 Å². The van der Waals surface area contributed by atoms with Crippen molar-refractivity contribution in [1.29, 1.82) is 0 Å². The Morgan fingerprint density at radius 2 is 1.69 bits per heavy atom. The Morgan fingerprint density at radius 3 is 2.21 bits per heavy atom. The van der Waals surface area contributed by atoms with Crippen LogP contribution in [0.4, 0.5) is 5.95 Å². The number of ketones is 1. The third-order valence-corrected chi connectivity index (χ3v) is 6.82. The summed E-state index contributed by atoms with van der Waals surface area (Å²) in [6, 6.07) is 6.71. The highest BCUT2D eigenvalue weighted by Crippen LogP contribution is 2.39. The second kappa shape index (κ2) is 11.8. The maximum atomic E-state index is 14.0. The van der Waals surface area contributed by atoms with E-state index in [0.29, 0.717) is 68.4 Å². The minimum Gasteiger partial charge on any atom is -0.495 e. The van der Waals surface area contributed by atoms with Crippen molar-refractivity contribution in [3.05, 3.63) is 63.1 Å². The number of quaternary nitrogens is 1. The summed E-state index contributed by atoms with van der Waals surface area (Å²) in [6.45, 7) is 2.41. The fourth-order valence-corrected chi connectivity index (χ4v) is 4.89. The molecule has 42 heavy (non-hydrogen) atoms. The number of aromatic nitrogens is 4. The van der Waals surface area contributed by atoms with Crippen molar-refractivity contribution in [3.63, 3.8) is 0 Å². The molecule has 0 aliphatic rings. The molecule has 4 aromatic rings. The van der Waals surface area contributed by atoms with E-state index < -0.39 is 4.92 Å². The smallest absolute Gasteiger partial charge is 0.434 e. The molecular formula is C29H33N6O7+. The standard InChI is InChI=1S/C29H33N6O7/c1-9-10-20-22(39-5)12-11-21-25(27(36)18-13-23(40-6)28(42-8)24(14-18)41-7)31-33(26(20)21)17-35(3,4)16-19-15-30-29(32(19)2)34(37)38/h11-15H,16-17H2,1-8H3/q+1. The van der Waals surface area contributed by atoms with E-state index in [1.165, 1.54) is 32.1 Å². The molecule has 2 heterocycles. The second-order valence-electron chi connectivity index (χ2n) is 10.1. The summed E-state index contributed by atoms with van der Waals surface area (Å²) in [5, 5.41) is 16.7. The minimum absolute atomic E-state index is 0.206. The van der Waals surface area contributed by atoms with Gasteiger partial charge in [0.1, 0.15) is 24.2 Å². The molecule has 0 N–H and O–H groups in total. The number of nitro groups is 1. The van der Waals surface area contributed by atoms with Gasteiger partial charge < -0.3 is 33.5 Å². The number of carbonyl (C=O) groups is 1. The number of nitrogens with zero attached hydrogens (tertiary/aromatic N) is 6. The van der Waals surface area contributed by atoms with Crippen molar-refractivity contribution in [2.75, 3.05) is 42.5 Å². The summed E-state index contributed by atoms with van der Waals surface area (Å²) < 4.78 is 25.4. The van der Waals surface area contributed by atoms with Crippen LogP contribution in [0.15, 0.2) is 30.5 Å². The second-order valence-corrected chi connectivity index (χ2v) is 10.1. The Labute approximate surface area is 242 Å². The van der Waals surface area contributed by atoms with Gasteiger partial charge in [-0.15, -0.1) is 5.92 Å². The number of carbonyl (C=O) groups excluding carboxylic acids is 1. The highest BCUT2D eigenvalue weighted by Gasteiger charge is 2.30. The molecule has 0 atom stereocenters. The summed E-state index contributed by atoms with van der Waals surface area (Å²) in [6.07, 6.45) is 1.50. The zero-order chi connectivity index (χ0) is 30.8. The van der Waals surface area contributed by atoms with Crippen molar-refractivity contribution < 1.29 is 33.1 Å². The fraction of sp³-hybridized carbons (Fsp3) is 0.345. The number of benzene rings is 2. The van der Waals surface area contributed by atoms with Gasteiger partial charge in [-0.3, -0.25) is 4.79 Å². The third-order valence-electron chi connectivity index (χ3n) is 6.82. The van der Waals surface area contributed by atoms with Crippen LogP contribution in [0, 0.1) is 22.0 Å². The van der Waals surface area contributed by atoms with Crippen molar-refractivity contribution in [1.82, 2.24) is 19.3 Å². The predicted octanol–water partition coefficient (Wildman–Crippen LogP) is 3.55. The summed E-state index contributed by atoms with van der Waals surface area (Å²) in [5.74, 6) is 7.04. The number of hydrogen-bond donors (Lipinski definition) is 0. The highest BCUT2D eigenvalue weighted by atomic mass is 16.6.